The Bertz CT molecular complexity index is 804. The van der Waals surface area contributed by atoms with E-state index in [1.54, 1.807) is 11.8 Å². The lowest BCUT2D eigenvalue weighted by Crippen LogP contribution is -2.06. The molecule has 0 aliphatic carbocycles. The number of nitrogens with zero attached hydrogens (tertiary/aromatic N) is 2. The predicted octanol–water partition coefficient (Wildman–Crippen LogP) is 4.78. The Morgan fingerprint density at radius 3 is 2.52 bits per heavy atom. The molecular formula is C18H21N5S2. The van der Waals surface area contributed by atoms with Gasteiger partial charge in [-0.15, -0.1) is 0 Å². The van der Waals surface area contributed by atoms with Gasteiger partial charge in [-0.05, 0) is 37.4 Å². The van der Waals surface area contributed by atoms with Crippen LogP contribution in [0.5, 0.6) is 0 Å². The van der Waals surface area contributed by atoms with Crippen molar-refractivity contribution in [2.24, 2.45) is 0 Å². The number of aryl methyl sites for hydroxylation is 1. The van der Waals surface area contributed by atoms with Gasteiger partial charge in [-0.3, -0.25) is 5.10 Å². The maximum absolute atomic E-state index is 4.65. The second kappa shape index (κ2) is 8.82. The van der Waals surface area contributed by atoms with Gasteiger partial charge in [-0.1, -0.05) is 30.0 Å². The van der Waals surface area contributed by atoms with Crippen molar-refractivity contribution in [1.29, 1.82) is 0 Å². The van der Waals surface area contributed by atoms with Gasteiger partial charge < -0.3 is 10.6 Å². The summed E-state index contributed by atoms with van der Waals surface area (Å²) in [7, 11) is 0. The van der Waals surface area contributed by atoms with E-state index >= 15 is 0 Å². The molecule has 0 fully saturated rings. The van der Waals surface area contributed by atoms with Gasteiger partial charge in [-0.25, -0.2) is 4.98 Å². The van der Waals surface area contributed by atoms with Crippen LogP contribution in [-0.4, -0.2) is 33.7 Å². The summed E-state index contributed by atoms with van der Waals surface area (Å²) in [5.41, 5.74) is 1.01. The Labute approximate surface area is 156 Å². The van der Waals surface area contributed by atoms with Gasteiger partial charge in [0.2, 0.25) is 0 Å². The van der Waals surface area contributed by atoms with Crippen molar-refractivity contribution in [3.8, 4) is 0 Å². The summed E-state index contributed by atoms with van der Waals surface area (Å²) in [6, 6.07) is 16.4. The third-order valence-electron chi connectivity index (χ3n) is 3.35. The molecule has 3 rings (SSSR count). The molecule has 1 aromatic carbocycles. The lowest BCUT2D eigenvalue weighted by atomic mass is 10.4. The first-order valence-electron chi connectivity index (χ1n) is 8.00. The van der Waals surface area contributed by atoms with Crippen molar-refractivity contribution in [3.63, 3.8) is 0 Å². The lowest BCUT2D eigenvalue weighted by molar-refractivity contribution is 1.05. The minimum Gasteiger partial charge on any atom is -0.369 e. The molecular weight excluding hydrogens is 350 g/mol. The Hall–Kier alpha value is -2.12. The van der Waals surface area contributed by atoms with Crippen molar-refractivity contribution in [2.75, 3.05) is 29.2 Å². The Balaban J connectivity index is 1.82. The van der Waals surface area contributed by atoms with E-state index in [1.807, 2.05) is 49.0 Å². The molecule has 2 aromatic heterocycles. The molecule has 0 spiro atoms. The fourth-order valence-electron chi connectivity index (χ4n) is 2.24. The number of H-pyrrole nitrogens is 1. The van der Waals surface area contributed by atoms with Crippen LogP contribution in [0.2, 0.25) is 0 Å². The highest BCUT2D eigenvalue weighted by Crippen LogP contribution is 2.31. The second-order valence-electron chi connectivity index (χ2n) is 5.47. The topological polar surface area (TPSA) is 65.6 Å². The number of pyridine rings is 1. The highest BCUT2D eigenvalue weighted by Gasteiger charge is 2.07. The average molecular weight is 372 g/mol. The van der Waals surface area contributed by atoms with Gasteiger partial charge in [0.15, 0.2) is 5.82 Å². The summed E-state index contributed by atoms with van der Waals surface area (Å²) in [5.74, 6) is 3.45. The van der Waals surface area contributed by atoms with Crippen LogP contribution in [0.25, 0.3) is 0 Å². The fraction of sp³-hybridized carbons (Fsp3) is 0.222. The van der Waals surface area contributed by atoms with Crippen molar-refractivity contribution in [3.05, 3.63) is 54.2 Å². The summed E-state index contributed by atoms with van der Waals surface area (Å²) in [5, 5.41) is 13.8. The van der Waals surface area contributed by atoms with Crippen LogP contribution in [0.1, 0.15) is 5.69 Å². The van der Waals surface area contributed by atoms with E-state index in [4.69, 9.17) is 0 Å². The number of benzene rings is 1. The van der Waals surface area contributed by atoms with E-state index in [0.29, 0.717) is 0 Å². The van der Waals surface area contributed by atoms with Gasteiger partial charge >= 0.3 is 0 Å². The third kappa shape index (κ3) is 5.44. The molecule has 0 atom stereocenters. The number of anilines is 3. The van der Waals surface area contributed by atoms with E-state index in [0.717, 1.165) is 40.3 Å². The summed E-state index contributed by atoms with van der Waals surface area (Å²) in [4.78, 5) is 6.98. The molecule has 7 heteroatoms. The molecule has 0 aliphatic heterocycles. The van der Waals surface area contributed by atoms with Crippen molar-refractivity contribution in [2.45, 2.75) is 16.7 Å². The highest BCUT2D eigenvalue weighted by atomic mass is 32.2. The van der Waals surface area contributed by atoms with Crippen LogP contribution in [0.3, 0.4) is 0 Å². The first-order valence-corrected chi connectivity index (χ1v) is 10.2. The molecule has 25 heavy (non-hydrogen) atoms. The van der Waals surface area contributed by atoms with Gasteiger partial charge in [0.25, 0.3) is 0 Å². The van der Waals surface area contributed by atoms with Crippen LogP contribution in [0, 0.1) is 6.92 Å². The molecule has 130 valence electrons. The standard InChI is InChI=1S/C18H21N5S2/c1-13-10-18(23-22-13)21-17-12-15(25-14-6-4-3-5-7-14)11-16(20-17)19-8-9-24-2/h3-7,10-12H,8-9H2,1-2H3,(H3,19,20,21,22,23). The number of thioether (sulfide) groups is 1. The summed E-state index contributed by atoms with van der Waals surface area (Å²) in [6.07, 6.45) is 2.10. The molecule has 2 heterocycles. The Kier molecular flexibility index (Phi) is 6.25. The van der Waals surface area contributed by atoms with Gasteiger partial charge in [-0.2, -0.15) is 16.9 Å². The van der Waals surface area contributed by atoms with Crippen molar-refractivity contribution >= 4 is 41.0 Å². The third-order valence-corrected chi connectivity index (χ3v) is 4.94. The molecule has 0 aliphatic rings. The zero-order chi connectivity index (χ0) is 17.5. The molecule has 0 amide bonds. The van der Waals surface area contributed by atoms with E-state index in [-0.39, 0.29) is 0 Å². The van der Waals surface area contributed by atoms with Gasteiger partial charge in [0.1, 0.15) is 11.6 Å². The first kappa shape index (κ1) is 17.7. The van der Waals surface area contributed by atoms with Crippen molar-refractivity contribution in [1.82, 2.24) is 15.2 Å². The number of aromatic nitrogens is 3. The first-order chi connectivity index (χ1) is 12.2. The molecule has 3 aromatic rings. The number of hydrogen-bond donors (Lipinski definition) is 3. The maximum Gasteiger partial charge on any atom is 0.153 e. The van der Waals surface area contributed by atoms with E-state index in [1.165, 1.54) is 4.90 Å². The Morgan fingerprint density at radius 2 is 1.80 bits per heavy atom. The molecule has 0 saturated heterocycles. The number of nitrogens with one attached hydrogen (secondary N) is 3. The zero-order valence-corrected chi connectivity index (χ0v) is 15.9. The van der Waals surface area contributed by atoms with Crippen molar-refractivity contribution < 1.29 is 0 Å². The Morgan fingerprint density at radius 1 is 1.00 bits per heavy atom. The number of rotatable bonds is 8. The molecule has 3 N–H and O–H groups in total. The summed E-state index contributed by atoms with van der Waals surface area (Å²) in [6.45, 7) is 2.86. The zero-order valence-electron chi connectivity index (χ0n) is 14.2. The van der Waals surface area contributed by atoms with Gasteiger partial charge in [0, 0.05) is 33.8 Å². The quantitative estimate of drug-likeness (QED) is 0.495. The van der Waals surface area contributed by atoms with Crippen LogP contribution in [0.4, 0.5) is 17.5 Å². The van der Waals surface area contributed by atoms with E-state index in [2.05, 4.69) is 50.3 Å². The van der Waals surface area contributed by atoms with Gasteiger partial charge in [0.05, 0.1) is 0 Å². The molecule has 0 unspecified atom stereocenters. The lowest BCUT2D eigenvalue weighted by Gasteiger charge is -2.11. The minimum atomic E-state index is 0.766. The van der Waals surface area contributed by atoms with Crippen LogP contribution < -0.4 is 10.6 Å². The normalized spacial score (nSPS) is 10.6. The van der Waals surface area contributed by atoms with Crippen LogP contribution in [0.15, 0.2) is 58.3 Å². The second-order valence-corrected chi connectivity index (χ2v) is 7.60. The molecule has 0 bridgehead atoms. The SMILES string of the molecule is CSCCNc1cc(Sc2ccccc2)cc(Nc2cc(C)[nH]n2)n1. The van der Waals surface area contributed by atoms with Crippen LogP contribution in [-0.2, 0) is 0 Å². The molecule has 0 radical (unpaired) electrons. The predicted molar refractivity (Wildman–Crippen MR) is 108 cm³/mol. The van der Waals surface area contributed by atoms with Crippen LogP contribution >= 0.6 is 23.5 Å². The van der Waals surface area contributed by atoms with E-state index in [9.17, 15) is 0 Å². The smallest absolute Gasteiger partial charge is 0.153 e. The fourth-order valence-corrected chi connectivity index (χ4v) is 3.45. The summed E-state index contributed by atoms with van der Waals surface area (Å²) < 4.78 is 0. The molecule has 5 nitrogen and oxygen atoms in total. The molecule has 0 saturated carbocycles. The highest BCUT2D eigenvalue weighted by molar-refractivity contribution is 7.99. The summed E-state index contributed by atoms with van der Waals surface area (Å²) >= 11 is 3.53. The maximum atomic E-state index is 4.65. The average Bonchev–Trinajstić information content (AvgIpc) is 3.01. The monoisotopic (exact) mass is 371 g/mol. The largest absolute Gasteiger partial charge is 0.369 e. The minimum absolute atomic E-state index is 0.766. The number of aromatic amines is 1. The van der Waals surface area contributed by atoms with E-state index < -0.39 is 0 Å². The number of hydrogen-bond acceptors (Lipinski definition) is 6.